The number of nitro benzene ring substituents is 1. The van der Waals surface area contributed by atoms with E-state index in [0.717, 1.165) is 5.56 Å². The molecule has 0 N–H and O–H groups in total. The molecule has 0 bridgehead atoms. The molecule has 2 aliphatic rings. The first kappa shape index (κ1) is 14.4. The van der Waals surface area contributed by atoms with Gasteiger partial charge in [0, 0.05) is 17.6 Å². The molecule has 4 rings (SSSR count). The Labute approximate surface area is 137 Å². The van der Waals surface area contributed by atoms with Crippen LogP contribution in [0.1, 0.15) is 21.5 Å². The van der Waals surface area contributed by atoms with Crippen LogP contribution in [0.2, 0.25) is 0 Å². The number of rotatable bonds is 2. The SMILES string of the molecule is O=C1/C(=C/c2cc3c(cc2[N+](=O)[O-])OCCO3)Cc2ccccc21. The van der Waals surface area contributed by atoms with E-state index in [4.69, 9.17) is 9.47 Å². The van der Waals surface area contributed by atoms with Crippen LogP contribution < -0.4 is 9.47 Å². The molecule has 2 aromatic rings. The molecule has 0 fully saturated rings. The first-order chi connectivity index (χ1) is 11.6. The quantitative estimate of drug-likeness (QED) is 0.482. The van der Waals surface area contributed by atoms with Gasteiger partial charge in [-0.25, -0.2) is 0 Å². The molecule has 0 saturated carbocycles. The zero-order chi connectivity index (χ0) is 16.7. The number of carbonyl (C=O) groups excluding carboxylic acids is 1. The highest BCUT2D eigenvalue weighted by atomic mass is 16.6. The lowest BCUT2D eigenvalue weighted by atomic mass is 10.1. The Morgan fingerprint density at radius 3 is 2.50 bits per heavy atom. The number of allylic oxidation sites excluding steroid dienone is 1. The van der Waals surface area contributed by atoms with Gasteiger partial charge in [-0.1, -0.05) is 24.3 Å². The first-order valence-electron chi connectivity index (χ1n) is 7.54. The van der Waals surface area contributed by atoms with Gasteiger partial charge in [0.15, 0.2) is 17.3 Å². The molecule has 0 atom stereocenters. The molecule has 120 valence electrons. The zero-order valence-electron chi connectivity index (χ0n) is 12.7. The lowest BCUT2D eigenvalue weighted by molar-refractivity contribution is -0.385. The normalized spacial score (nSPS) is 17.0. The molecule has 24 heavy (non-hydrogen) atoms. The van der Waals surface area contributed by atoms with Gasteiger partial charge < -0.3 is 9.47 Å². The van der Waals surface area contributed by atoms with Gasteiger partial charge in [0.25, 0.3) is 5.69 Å². The van der Waals surface area contributed by atoms with Gasteiger partial charge in [0.1, 0.15) is 13.2 Å². The largest absolute Gasteiger partial charge is 0.486 e. The minimum absolute atomic E-state index is 0.0882. The van der Waals surface area contributed by atoms with Crippen LogP contribution in [0.15, 0.2) is 42.0 Å². The van der Waals surface area contributed by atoms with Crippen molar-refractivity contribution in [2.45, 2.75) is 6.42 Å². The first-order valence-corrected chi connectivity index (χ1v) is 7.54. The molecule has 0 aromatic heterocycles. The van der Waals surface area contributed by atoms with Crippen molar-refractivity contribution in [2.24, 2.45) is 0 Å². The van der Waals surface area contributed by atoms with E-state index in [1.165, 1.54) is 6.07 Å². The maximum Gasteiger partial charge on any atom is 0.280 e. The minimum Gasteiger partial charge on any atom is -0.486 e. The summed E-state index contributed by atoms with van der Waals surface area (Å²) >= 11 is 0. The van der Waals surface area contributed by atoms with E-state index >= 15 is 0 Å². The zero-order valence-corrected chi connectivity index (χ0v) is 12.7. The van der Waals surface area contributed by atoms with E-state index in [1.807, 2.05) is 18.2 Å². The van der Waals surface area contributed by atoms with Gasteiger partial charge in [-0.15, -0.1) is 0 Å². The van der Waals surface area contributed by atoms with Crippen LogP contribution in [0, 0.1) is 10.1 Å². The lowest BCUT2D eigenvalue weighted by Gasteiger charge is -2.18. The van der Waals surface area contributed by atoms with Crippen molar-refractivity contribution in [1.82, 2.24) is 0 Å². The third-order valence-corrected chi connectivity index (χ3v) is 4.15. The Morgan fingerprint density at radius 2 is 1.79 bits per heavy atom. The van der Waals surface area contributed by atoms with Crippen LogP contribution in [-0.4, -0.2) is 23.9 Å². The van der Waals surface area contributed by atoms with Gasteiger partial charge in [-0.2, -0.15) is 0 Å². The van der Waals surface area contributed by atoms with Crippen molar-refractivity contribution < 1.29 is 19.2 Å². The Morgan fingerprint density at radius 1 is 1.08 bits per heavy atom. The van der Waals surface area contributed by atoms with Crippen LogP contribution in [0.5, 0.6) is 11.5 Å². The topological polar surface area (TPSA) is 78.7 Å². The van der Waals surface area contributed by atoms with E-state index in [9.17, 15) is 14.9 Å². The number of carbonyl (C=O) groups is 1. The number of hydrogen-bond donors (Lipinski definition) is 0. The Balaban J connectivity index is 1.80. The number of nitro groups is 1. The monoisotopic (exact) mass is 323 g/mol. The van der Waals surface area contributed by atoms with Crippen LogP contribution in [-0.2, 0) is 6.42 Å². The summed E-state index contributed by atoms with van der Waals surface area (Å²) in [4.78, 5) is 23.4. The highest BCUT2D eigenvalue weighted by Crippen LogP contribution is 2.38. The Kier molecular flexibility index (Phi) is 3.30. The Hall–Kier alpha value is -3.15. The molecule has 0 amide bonds. The number of nitrogens with zero attached hydrogens (tertiary/aromatic N) is 1. The molecule has 0 saturated heterocycles. The fraction of sp³-hybridized carbons (Fsp3) is 0.167. The molecule has 1 heterocycles. The van der Waals surface area contributed by atoms with Crippen molar-refractivity contribution in [1.29, 1.82) is 0 Å². The van der Waals surface area contributed by atoms with Crippen LogP contribution in [0.25, 0.3) is 6.08 Å². The average Bonchev–Trinajstić information content (AvgIpc) is 2.90. The van der Waals surface area contributed by atoms with Gasteiger partial charge in [-0.05, 0) is 17.7 Å². The van der Waals surface area contributed by atoms with E-state index in [2.05, 4.69) is 0 Å². The van der Waals surface area contributed by atoms with Gasteiger partial charge in [0.2, 0.25) is 0 Å². The summed E-state index contributed by atoms with van der Waals surface area (Å²) < 4.78 is 10.9. The maximum absolute atomic E-state index is 12.5. The van der Waals surface area contributed by atoms with Crippen LogP contribution >= 0.6 is 0 Å². The standard InChI is InChI=1S/C18H13NO5/c20-18-13(7-11-3-1-2-4-14(11)18)8-12-9-16-17(24-6-5-23-16)10-15(12)19(21)22/h1-4,8-10H,5-7H2/b13-8+. The molecular weight excluding hydrogens is 310 g/mol. The molecule has 0 unspecified atom stereocenters. The fourth-order valence-electron chi connectivity index (χ4n) is 3.03. The molecule has 6 nitrogen and oxygen atoms in total. The summed E-state index contributed by atoms with van der Waals surface area (Å²) in [5.74, 6) is 0.729. The number of hydrogen-bond acceptors (Lipinski definition) is 5. The predicted octanol–water partition coefficient (Wildman–Crippen LogP) is 3.19. The van der Waals surface area contributed by atoms with Crippen molar-refractivity contribution in [3.05, 3.63) is 68.8 Å². The number of benzene rings is 2. The molecule has 1 aliphatic heterocycles. The average molecular weight is 323 g/mol. The van der Waals surface area contributed by atoms with Gasteiger partial charge >= 0.3 is 0 Å². The predicted molar refractivity (Wildman–Crippen MR) is 86.5 cm³/mol. The summed E-state index contributed by atoms with van der Waals surface area (Å²) in [6, 6.07) is 10.3. The fourth-order valence-corrected chi connectivity index (χ4v) is 3.03. The molecule has 2 aromatic carbocycles. The second-order valence-electron chi connectivity index (χ2n) is 5.64. The summed E-state index contributed by atoms with van der Waals surface area (Å²) in [6.45, 7) is 0.754. The molecule has 0 radical (unpaired) electrons. The van der Waals surface area contributed by atoms with E-state index in [1.54, 1.807) is 18.2 Å². The summed E-state index contributed by atoms with van der Waals surface area (Å²) in [5.41, 5.74) is 2.38. The van der Waals surface area contributed by atoms with Crippen LogP contribution in [0.3, 0.4) is 0 Å². The van der Waals surface area contributed by atoms with Crippen molar-refractivity contribution >= 4 is 17.5 Å². The molecule has 1 aliphatic carbocycles. The number of fused-ring (bicyclic) bond motifs is 2. The lowest BCUT2D eigenvalue weighted by Crippen LogP contribution is -2.15. The molecule has 0 spiro atoms. The van der Waals surface area contributed by atoms with Gasteiger partial charge in [-0.3, -0.25) is 14.9 Å². The minimum atomic E-state index is -0.475. The Bertz CT molecular complexity index is 900. The van der Waals surface area contributed by atoms with Gasteiger partial charge in [0.05, 0.1) is 16.6 Å². The summed E-state index contributed by atoms with van der Waals surface area (Å²) in [5, 5.41) is 11.4. The van der Waals surface area contributed by atoms with Crippen molar-refractivity contribution in [2.75, 3.05) is 13.2 Å². The third kappa shape index (κ3) is 2.32. The second kappa shape index (κ2) is 5.49. The summed E-state index contributed by atoms with van der Waals surface area (Å²) in [7, 11) is 0. The summed E-state index contributed by atoms with van der Waals surface area (Å²) in [6.07, 6.45) is 2.05. The number of Topliss-reactive ketones (excluding diaryl/α,β-unsaturated/α-hetero) is 1. The maximum atomic E-state index is 12.5. The van der Waals surface area contributed by atoms with Crippen molar-refractivity contribution in [3.63, 3.8) is 0 Å². The molecule has 6 heteroatoms. The van der Waals surface area contributed by atoms with Crippen molar-refractivity contribution in [3.8, 4) is 11.5 Å². The van der Waals surface area contributed by atoms with E-state index in [0.29, 0.717) is 47.8 Å². The number of ether oxygens (including phenoxy) is 2. The highest BCUT2D eigenvalue weighted by molar-refractivity contribution is 6.15. The second-order valence-corrected chi connectivity index (χ2v) is 5.64. The van der Waals surface area contributed by atoms with Crippen LogP contribution in [0.4, 0.5) is 5.69 Å². The number of ketones is 1. The smallest absolute Gasteiger partial charge is 0.280 e. The molecular formula is C18H13NO5. The van der Waals surface area contributed by atoms with E-state index in [-0.39, 0.29) is 11.5 Å². The highest BCUT2D eigenvalue weighted by Gasteiger charge is 2.27. The third-order valence-electron chi connectivity index (χ3n) is 4.15. The van der Waals surface area contributed by atoms with E-state index < -0.39 is 4.92 Å².